The van der Waals surface area contributed by atoms with Crippen molar-refractivity contribution in [2.75, 3.05) is 6.61 Å². The summed E-state index contributed by atoms with van der Waals surface area (Å²) in [6, 6.07) is 0.351. The third kappa shape index (κ3) is 5.50. The van der Waals surface area contributed by atoms with Gasteiger partial charge in [-0.05, 0) is 19.3 Å². The Balaban J connectivity index is 1.59. The van der Waals surface area contributed by atoms with E-state index in [4.69, 9.17) is 10.5 Å². The average molecular weight is 295 g/mol. The first-order valence-corrected chi connectivity index (χ1v) is 8.99. The van der Waals surface area contributed by atoms with E-state index < -0.39 is 0 Å². The zero-order chi connectivity index (χ0) is 15.0. The molecule has 2 rings (SSSR count). The Morgan fingerprint density at radius 2 is 1.90 bits per heavy atom. The van der Waals surface area contributed by atoms with E-state index in [-0.39, 0.29) is 5.72 Å². The summed E-state index contributed by atoms with van der Waals surface area (Å²) < 4.78 is 5.89. The molecule has 1 saturated heterocycles. The molecule has 0 saturated carbocycles. The smallest absolute Gasteiger partial charge is 0.191 e. The van der Waals surface area contributed by atoms with E-state index in [9.17, 15) is 0 Å². The summed E-state index contributed by atoms with van der Waals surface area (Å²) in [6.45, 7) is 3.12. The van der Waals surface area contributed by atoms with Crippen LogP contribution in [0.25, 0.3) is 0 Å². The second-order valence-corrected chi connectivity index (χ2v) is 6.71. The number of nitrogens with two attached hydrogens (primary N) is 1. The Kier molecular flexibility index (Phi) is 6.81. The van der Waals surface area contributed by atoms with Gasteiger partial charge in [0.1, 0.15) is 5.72 Å². The number of hydrogen-bond acceptors (Lipinski definition) is 4. The maximum atomic E-state index is 5.94. The van der Waals surface area contributed by atoms with Crippen molar-refractivity contribution in [2.45, 2.75) is 95.7 Å². The highest BCUT2D eigenvalue weighted by Gasteiger charge is 2.40. The SMILES string of the molecule is CCCCCCCCCC[C@H]1C[C@@]2(CCCO2)NC(N)=N1. The molecule has 2 aliphatic heterocycles. The Morgan fingerprint density at radius 3 is 2.57 bits per heavy atom. The highest BCUT2D eigenvalue weighted by atomic mass is 16.5. The molecule has 0 aromatic rings. The van der Waals surface area contributed by atoms with Crippen LogP contribution < -0.4 is 11.1 Å². The van der Waals surface area contributed by atoms with Crippen molar-refractivity contribution >= 4 is 5.96 Å². The van der Waals surface area contributed by atoms with Crippen molar-refractivity contribution in [3.8, 4) is 0 Å². The van der Waals surface area contributed by atoms with Gasteiger partial charge in [0, 0.05) is 13.0 Å². The van der Waals surface area contributed by atoms with Crippen LogP contribution in [0.15, 0.2) is 4.99 Å². The highest BCUT2D eigenvalue weighted by molar-refractivity contribution is 5.79. The number of ether oxygens (including phenoxy) is 1. The van der Waals surface area contributed by atoms with Crippen molar-refractivity contribution in [3.05, 3.63) is 0 Å². The minimum absolute atomic E-state index is 0.198. The molecule has 4 nitrogen and oxygen atoms in total. The number of hydrogen-bond donors (Lipinski definition) is 2. The van der Waals surface area contributed by atoms with Crippen molar-refractivity contribution in [2.24, 2.45) is 10.7 Å². The molecule has 0 radical (unpaired) electrons. The Bertz CT molecular complexity index is 324. The molecule has 21 heavy (non-hydrogen) atoms. The van der Waals surface area contributed by atoms with Gasteiger partial charge in [-0.3, -0.25) is 0 Å². The number of aliphatic imine (C=N–C) groups is 1. The van der Waals surface area contributed by atoms with Crippen molar-refractivity contribution in [1.29, 1.82) is 0 Å². The van der Waals surface area contributed by atoms with E-state index in [2.05, 4.69) is 17.2 Å². The van der Waals surface area contributed by atoms with Gasteiger partial charge in [0.15, 0.2) is 5.96 Å². The van der Waals surface area contributed by atoms with Crippen LogP contribution >= 0.6 is 0 Å². The fourth-order valence-corrected chi connectivity index (χ4v) is 3.58. The number of nitrogens with one attached hydrogen (secondary N) is 1. The van der Waals surface area contributed by atoms with E-state index in [0.29, 0.717) is 12.0 Å². The normalized spacial score (nSPS) is 28.6. The topological polar surface area (TPSA) is 59.6 Å². The third-order valence-corrected chi connectivity index (χ3v) is 4.74. The molecular weight excluding hydrogens is 262 g/mol. The van der Waals surface area contributed by atoms with E-state index >= 15 is 0 Å². The molecule has 4 heteroatoms. The van der Waals surface area contributed by atoms with Crippen molar-refractivity contribution in [1.82, 2.24) is 5.32 Å². The average Bonchev–Trinajstić information content (AvgIpc) is 2.88. The molecule has 3 N–H and O–H groups in total. The highest BCUT2D eigenvalue weighted by Crippen LogP contribution is 2.32. The Hall–Kier alpha value is -0.770. The summed E-state index contributed by atoms with van der Waals surface area (Å²) in [7, 11) is 0. The molecule has 122 valence electrons. The number of rotatable bonds is 9. The second-order valence-electron chi connectivity index (χ2n) is 6.71. The van der Waals surface area contributed by atoms with Gasteiger partial charge >= 0.3 is 0 Å². The summed E-state index contributed by atoms with van der Waals surface area (Å²) in [5.41, 5.74) is 5.74. The second kappa shape index (κ2) is 8.62. The lowest BCUT2D eigenvalue weighted by Gasteiger charge is -2.36. The van der Waals surface area contributed by atoms with Gasteiger partial charge in [0.2, 0.25) is 0 Å². The van der Waals surface area contributed by atoms with Gasteiger partial charge in [-0.1, -0.05) is 58.3 Å². The van der Waals surface area contributed by atoms with E-state index in [1.807, 2.05) is 0 Å². The van der Waals surface area contributed by atoms with Crippen LogP contribution in [0.3, 0.4) is 0 Å². The Morgan fingerprint density at radius 1 is 1.19 bits per heavy atom. The Labute approximate surface area is 129 Å². The van der Waals surface area contributed by atoms with Crippen LogP contribution in [0.1, 0.15) is 84.0 Å². The molecule has 0 aromatic heterocycles. The van der Waals surface area contributed by atoms with Gasteiger partial charge in [-0.2, -0.15) is 0 Å². The van der Waals surface area contributed by atoms with Crippen LogP contribution in [0.2, 0.25) is 0 Å². The standard InChI is InChI=1S/C17H33N3O/c1-2-3-4-5-6-7-8-9-11-15-14-17(12-10-13-21-17)20-16(18)19-15/h15H,2-14H2,1H3,(H3,18,19,20)/t15-,17-/m0/s1. The zero-order valence-corrected chi connectivity index (χ0v) is 13.7. The first-order chi connectivity index (χ1) is 10.2. The van der Waals surface area contributed by atoms with Gasteiger partial charge in [-0.25, -0.2) is 4.99 Å². The summed E-state index contributed by atoms with van der Waals surface area (Å²) in [6.07, 6.45) is 15.2. The summed E-state index contributed by atoms with van der Waals surface area (Å²) >= 11 is 0. The van der Waals surface area contributed by atoms with Gasteiger partial charge in [0.05, 0.1) is 6.04 Å². The molecule has 2 atom stereocenters. The predicted octanol–water partition coefficient (Wildman–Crippen LogP) is 3.70. The largest absolute Gasteiger partial charge is 0.370 e. The van der Waals surface area contributed by atoms with Crippen LogP contribution in [-0.4, -0.2) is 24.3 Å². The van der Waals surface area contributed by atoms with E-state index in [1.165, 1.54) is 51.4 Å². The summed E-state index contributed by atoms with van der Waals surface area (Å²) in [5.74, 6) is 0.577. The molecule has 0 aromatic carbocycles. The third-order valence-electron chi connectivity index (χ3n) is 4.74. The maximum Gasteiger partial charge on any atom is 0.191 e. The fourth-order valence-electron chi connectivity index (χ4n) is 3.58. The quantitative estimate of drug-likeness (QED) is 0.638. The lowest BCUT2D eigenvalue weighted by Crippen LogP contribution is -2.56. The fraction of sp³-hybridized carbons (Fsp3) is 0.941. The van der Waals surface area contributed by atoms with Gasteiger partial charge < -0.3 is 15.8 Å². The minimum atomic E-state index is -0.198. The number of nitrogens with zero attached hydrogens (tertiary/aromatic N) is 1. The molecule has 0 unspecified atom stereocenters. The monoisotopic (exact) mass is 295 g/mol. The van der Waals surface area contributed by atoms with Crippen molar-refractivity contribution < 1.29 is 4.74 Å². The molecule has 2 aliphatic rings. The van der Waals surface area contributed by atoms with E-state index in [0.717, 1.165) is 32.3 Å². The molecule has 2 heterocycles. The lowest BCUT2D eigenvalue weighted by molar-refractivity contribution is -0.0258. The molecule has 1 fully saturated rings. The maximum absolute atomic E-state index is 5.94. The van der Waals surface area contributed by atoms with Gasteiger partial charge in [-0.15, -0.1) is 0 Å². The molecule has 0 bridgehead atoms. The van der Waals surface area contributed by atoms with Gasteiger partial charge in [0.25, 0.3) is 0 Å². The number of guanidine groups is 1. The first-order valence-electron chi connectivity index (χ1n) is 8.99. The van der Waals surface area contributed by atoms with Crippen LogP contribution in [0, 0.1) is 0 Å². The van der Waals surface area contributed by atoms with Crippen molar-refractivity contribution in [3.63, 3.8) is 0 Å². The van der Waals surface area contributed by atoms with E-state index in [1.54, 1.807) is 0 Å². The van der Waals surface area contributed by atoms with Crippen LogP contribution in [0.5, 0.6) is 0 Å². The van der Waals surface area contributed by atoms with Crippen LogP contribution in [0.4, 0.5) is 0 Å². The zero-order valence-electron chi connectivity index (χ0n) is 13.7. The summed E-state index contributed by atoms with van der Waals surface area (Å²) in [4.78, 5) is 4.56. The minimum Gasteiger partial charge on any atom is -0.370 e. The predicted molar refractivity (Wildman–Crippen MR) is 88.3 cm³/mol. The molecule has 0 amide bonds. The summed E-state index contributed by atoms with van der Waals surface area (Å²) in [5, 5.41) is 3.26. The molecule has 1 spiro atoms. The van der Waals surface area contributed by atoms with Crippen LogP contribution in [-0.2, 0) is 4.74 Å². The molecule has 0 aliphatic carbocycles. The molecular formula is C17H33N3O. The number of unbranched alkanes of at least 4 members (excludes halogenated alkanes) is 7. The lowest BCUT2D eigenvalue weighted by atomic mass is 9.95. The first kappa shape index (κ1) is 16.6.